The van der Waals surface area contributed by atoms with Gasteiger partial charge in [-0.2, -0.15) is 5.26 Å². The molecule has 5 nitrogen and oxygen atoms in total. The highest BCUT2D eigenvalue weighted by atomic mass is 35.5. The van der Waals surface area contributed by atoms with Gasteiger partial charge in [0.05, 0.1) is 5.56 Å². The predicted octanol–water partition coefficient (Wildman–Crippen LogP) is 3.86. The number of nitrogens with zero attached hydrogens (tertiary/aromatic N) is 1. The second kappa shape index (κ2) is 8.79. The van der Waals surface area contributed by atoms with Crippen LogP contribution >= 0.6 is 11.6 Å². The van der Waals surface area contributed by atoms with Crippen LogP contribution in [0.2, 0.25) is 5.02 Å². The van der Waals surface area contributed by atoms with E-state index in [0.29, 0.717) is 28.6 Å². The van der Waals surface area contributed by atoms with Crippen molar-refractivity contribution < 1.29 is 14.6 Å². The van der Waals surface area contributed by atoms with Gasteiger partial charge in [0.15, 0.2) is 0 Å². The van der Waals surface area contributed by atoms with E-state index in [4.69, 9.17) is 37.2 Å². The fraction of sp³-hybridized carbons (Fsp3) is 0.176. The fourth-order valence-electron chi connectivity index (χ4n) is 1.69. The molecule has 6 heteroatoms. The summed E-state index contributed by atoms with van der Waals surface area (Å²) in [7, 11) is 0. The van der Waals surface area contributed by atoms with Gasteiger partial charge in [0, 0.05) is 18.5 Å². The zero-order valence-corrected chi connectivity index (χ0v) is 13.6. The predicted molar refractivity (Wildman–Crippen MR) is 88.6 cm³/mol. The summed E-state index contributed by atoms with van der Waals surface area (Å²) in [4.78, 5) is 9.00. The van der Waals surface area contributed by atoms with Gasteiger partial charge in [0.2, 0.25) is 0 Å². The Morgan fingerprint density at radius 3 is 2.52 bits per heavy atom. The molecule has 2 aromatic carbocycles. The summed E-state index contributed by atoms with van der Waals surface area (Å²) >= 11 is 5.96. The maximum absolute atomic E-state index is 9.12. The molecule has 0 amide bonds. The van der Waals surface area contributed by atoms with Crippen LogP contribution in [0.1, 0.15) is 23.6 Å². The third-order valence-corrected chi connectivity index (χ3v) is 3.18. The molecule has 0 heterocycles. The summed E-state index contributed by atoms with van der Waals surface area (Å²) in [6, 6.07) is 12.8. The number of aliphatic carboxylic acids is 1. The molecule has 120 valence electrons. The standard InChI is InChI=1S/C15H13ClN2O.C2H4O2/c1-10-6-13(3-4-14(10)16)19-15-5-2-11(8-17)7-12(15)9-18;1-2(3)4/h2-7H,8,17H2,1H3;1H3,(H,3,4). The van der Waals surface area contributed by atoms with Gasteiger partial charge in [0.1, 0.15) is 17.6 Å². The fourth-order valence-corrected chi connectivity index (χ4v) is 1.81. The van der Waals surface area contributed by atoms with Crippen LogP contribution < -0.4 is 10.5 Å². The van der Waals surface area contributed by atoms with Crippen molar-refractivity contribution in [2.75, 3.05) is 0 Å². The molecule has 0 radical (unpaired) electrons. The van der Waals surface area contributed by atoms with Crippen LogP contribution in [0.3, 0.4) is 0 Å². The topological polar surface area (TPSA) is 96.3 Å². The van der Waals surface area contributed by atoms with Crippen molar-refractivity contribution in [3.63, 3.8) is 0 Å². The molecular formula is C17H17ClN2O3. The number of benzene rings is 2. The highest BCUT2D eigenvalue weighted by Gasteiger charge is 2.06. The zero-order chi connectivity index (χ0) is 17.4. The van der Waals surface area contributed by atoms with Crippen LogP contribution in [-0.4, -0.2) is 11.1 Å². The molecule has 2 aromatic rings. The Balaban J connectivity index is 0.000000593. The third kappa shape index (κ3) is 5.99. The quantitative estimate of drug-likeness (QED) is 0.889. The van der Waals surface area contributed by atoms with E-state index in [2.05, 4.69) is 6.07 Å². The maximum Gasteiger partial charge on any atom is 0.300 e. The molecular weight excluding hydrogens is 316 g/mol. The number of rotatable bonds is 3. The van der Waals surface area contributed by atoms with E-state index in [1.807, 2.05) is 19.1 Å². The summed E-state index contributed by atoms with van der Waals surface area (Å²) < 4.78 is 5.71. The Morgan fingerprint density at radius 2 is 2.00 bits per heavy atom. The van der Waals surface area contributed by atoms with Crippen molar-refractivity contribution in [1.29, 1.82) is 5.26 Å². The molecule has 23 heavy (non-hydrogen) atoms. The van der Waals surface area contributed by atoms with Crippen molar-refractivity contribution in [3.8, 4) is 17.6 Å². The maximum atomic E-state index is 9.12. The van der Waals surface area contributed by atoms with E-state index in [9.17, 15) is 0 Å². The number of ether oxygens (including phenoxy) is 1. The van der Waals surface area contributed by atoms with Gasteiger partial charge in [-0.05, 0) is 48.4 Å². The molecule has 0 aromatic heterocycles. The minimum atomic E-state index is -0.833. The summed E-state index contributed by atoms with van der Waals surface area (Å²) in [5.41, 5.74) is 7.84. The number of aryl methyl sites for hydroxylation is 1. The van der Waals surface area contributed by atoms with Crippen LogP contribution in [0.4, 0.5) is 0 Å². The lowest BCUT2D eigenvalue weighted by Gasteiger charge is -2.09. The van der Waals surface area contributed by atoms with Crippen LogP contribution in [0, 0.1) is 18.3 Å². The number of carbonyl (C=O) groups is 1. The molecule has 0 aliphatic heterocycles. The van der Waals surface area contributed by atoms with Crippen LogP contribution in [-0.2, 0) is 11.3 Å². The van der Waals surface area contributed by atoms with Crippen LogP contribution in [0.15, 0.2) is 36.4 Å². The second-order valence-corrected chi connectivity index (χ2v) is 5.09. The monoisotopic (exact) mass is 332 g/mol. The number of carboxylic acid groups (broad SMARTS) is 1. The third-order valence-electron chi connectivity index (χ3n) is 2.76. The van der Waals surface area contributed by atoms with E-state index in [0.717, 1.165) is 18.1 Å². The highest BCUT2D eigenvalue weighted by Crippen LogP contribution is 2.28. The Morgan fingerprint density at radius 1 is 1.35 bits per heavy atom. The summed E-state index contributed by atoms with van der Waals surface area (Å²) in [6.07, 6.45) is 0. The van der Waals surface area contributed by atoms with E-state index in [1.54, 1.807) is 24.3 Å². The Labute approximate surface area is 139 Å². The lowest BCUT2D eigenvalue weighted by atomic mass is 10.1. The first kappa shape index (κ1) is 18.5. The summed E-state index contributed by atoms with van der Waals surface area (Å²) in [5, 5.41) is 17.2. The molecule has 0 aliphatic carbocycles. The largest absolute Gasteiger partial charge is 0.481 e. The molecule has 0 aliphatic rings. The zero-order valence-electron chi connectivity index (χ0n) is 12.8. The van der Waals surface area contributed by atoms with Gasteiger partial charge < -0.3 is 15.6 Å². The average Bonchev–Trinajstić information content (AvgIpc) is 2.51. The number of nitrogens with two attached hydrogens (primary N) is 1. The number of nitriles is 1. The van der Waals surface area contributed by atoms with E-state index in [-0.39, 0.29) is 0 Å². The van der Waals surface area contributed by atoms with Gasteiger partial charge >= 0.3 is 0 Å². The first-order valence-corrected chi connectivity index (χ1v) is 7.11. The molecule has 0 atom stereocenters. The molecule has 0 fully saturated rings. The molecule has 2 rings (SSSR count). The minimum absolute atomic E-state index is 0.398. The van der Waals surface area contributed by atoms with Gasteiger partial charge in [0.25, 0.3) is 5.97 Å². The van der Waals surface area contributed by atoms with Gasteiger partial charge in [-0.25, -0.2) is 0 Å². The second-order valence-electron chi connectivity index (χ2n) is 4.68. The van der Waals surface area contributed by atoms with E-state index < -0.39 is 5.97 Å². The first-order valence-electron chi connectivity index (χ1n) is 6.74. The molecule has 0 spiro atoms. The van der Waals surface area contributed by atoms with Crippen LogP contribution in [0.25, 0.3) is 0 Å². The van der Waals surface area contributed by atoms with Gasteiger partial charge in [-0.1, -0.05) is 17.7 Å². The first-order chi connectivity index (χ1) is 10.9. The number of halogens is 1. The van der Waals surface area contributed by atoms with Crippen molar-refractivity contribution >= 4 is 17.6 Å². The number of hydrogen-bond acceptors (Lipinski definition) is 4. The van der Waals surface area contributed by atoms with E-state index >= 15 is 0 Å². The van der Waals surface area contributed by atoms with Crippen molar-refractivity contribution in [3.05, 3.63) is 58.1 Å². The molecule has 3 N–H and O–H groups in total. The Kier molecular flexibility index (Phi) is 7.07. The van der Waals surface area contributed by atoms with Crippen molar-refractivity contribution in [1.82, 2.24) is 0 Å². The van der Waals surface area contributed by atoms with Crippen molar-refractivity contribution in [2.45, 2.75) is 20.4 Å². The average molecular weight is 333 g/mol. The molecule has 0 unspecified atom stereocenters. The van der Waals surface area contributed by atoms with Crippen LogP contribution in [0.5, 0.6) is 11.5 Å². The molecule has 0 saturated heterocycles. The van der Waals surface area contributed by atoms with Gasteiger partial charge in [-0.15, -0.1) is 0 Å². The number of hydrogen-bond donors (Lipinski definition) is 2. The lowest BCUT2D eigenvalue weighted by molar-refractivity contribution is -0.134. The minimum Gasteiger partial charge on any atom is -0.481 e. The molecule has 0 saturated carbocycles. The highest BCUT2D eigenvalue weighted by molar-refractivity contribution is 6.31. The summed E-state index contributed by atoms with van der Waals surface area (Å²) in [5.74, 6) is 0.334. The SMILES string of the molecule is CC(=O)O.Cc1cc(Oc2ccc(CN)cc2C#N)ccc1Cl. The van der Waals surface area contributed by atoms with Crippen molar-refractivity contribution in [2.24, 2.45) is 5.73 Å². The Hall–Kier alpha value is -2.55. The smallest absolute Gasteiger partial charge is 0.300 e. The number of carboxylic acids is 1. The van der Waals surface area contributed by atoms with Gasteiger partial charge in [-0.3, -0.25) is 4.79 Å². The lowest BCUT2D eigenvalue weighted by Crippen LogP contribution is -1.97. The molecule has 0 bridgehead atoms. The van der Waals surface area contributed by atoms with E-state index in [1.165, 1.54) is 0 Å². The summed E-state index contributed by atoms with van der Waals surface area (Å²) in [6.45, 7) is 3.38. The Bertz CT molecular complexity index is 735. The normalized spacial score (nSPS) is 9.35.